The van der Waals surface area contributed by atoms with Crippen LogP contribution in [0.25, 0.3) is 0 Å². The lowest BCUT2D eigenvalue weighted by Gasteiger charge is -2.26. The average Bonchev–Trinajstić information content (AvgIpc) is 2.18. The Morgan fingerprint density at radius 3 is 1.85 bits per heavy atom. The Balaban J connectivity index is 4.66. The van der Waals surface area contributed by atoms with Crippen molar-refractivity contribution in [2.75, 3.05) is 6.54 Å². The van der Waals surface area contributed by atoms with Gasteiger partial charge in [-0.3, -0.25) is 9.59 Å². The van der Waals surface area contributed by atoms with Crippen molar-refractivity contribution in [2.45, 2.75) is 73.9 Å². The summed E-state index contributed by atoms with van der Waals surface area (Å²) in [5.74, 6) is 0.122. The van der Waals surface area contributed by atoms with Crippen molar-refractivity contribution in [3.8, 4) is 0 Å². The Bertz CT molecular complexity index is 335. The molecule has 0 aliphatic carbocycles. The second-order valence-corrected chi connectivity index (χ2v) is 8.04. The molecule has 2 N–H and O–H groups in total. The lowest BCUT2D eigenvalue weighted by atomic mass is 9.87. The summed E-state index contributed by atoms with van der Waals surface area (Å²) in [6, 6.07) is -0.115. The minimum absolute atomic E-state index is 0.0309. The van der Waals surface area contributed by atoms with Crippen LogP contribution in [0.3, 0.4) is 0 Å². The molecule has 0 aliphatic heterocycles. The predicted molar refractivity (Wildman–Crippen MR) is 83.6 cm³/mol. The molecule has 0 saturated carbocycles. The van der Waals surface area contributed by atoms with Gasteiger partial charge >= 0.3 is 0 Å². The molecule has 0 aliphatic rings. The van der Waals surface area contributed by atoms with Crippen LogP contribution in [0.5, 0.6) is 0 Å². The summed E-state index contributed by atoms with van der Waals surface area (Å²) in [4.78, 5) is 24.3. The van der Waals surface area contributed by atoms with Crippen molar-refractivity contribution in [1.82, 2.24) is 10.6 Å². The molecule has 0 aromatic carbocycles. The third kappa shape index (κ3) is 8.31. The fourth-order valence-corrected chi connectivity index (χ4v) is 1.77. The fourth-order valence-electron chi connectivity index (χ4n) is 1.77. The first-order valence-corrected chi connectivity index (χ1v) is 7.40. The second-order valence-electron chi connectivity index (χ2n) is 8.04. The van der Waals surface area contributed by atoms with E-state index in [-0.39, 0.29) is 29.2 Å². The molecular formula is C16H32N2O2. The number of nitrogens with one attached hydrogen (secondary N) is 2. The van der Waals surface area contributed by atoms with Gasteiger partial charge < -0.3 is 10.6 Å². The van der Waals surface area contributed by atoms with Crippen LogP contribution in [0, 0.1) is 10.8 Å². The summed E-state index contributed by atoms with van der Waals surface area (Å²) in [5.41, 5.74) is -0.475. The highest BCUT2D eigenvalue weighted by Gasteiger charge is 2.27. The van der Waals surface area contributed by atoms with Crippen LogP contribution >= 0.6 is 0 Å². The Morgan fingerprint density at radius 1 is 1.00 bits per heavy atom. The highest BCUT2D eigenvalue weighted by atomic mass is 16.2. The molecule has 0 rings (SSSR count). The van der Waals surface area contributed by atoms with E-state index in [0.717, 1.165) is 0 Å². The molecule has 0 spiro atoms. The number of carbonyl (C=O) groups is 2. The molecule has 0 saturated heterocycles. The smallest absolute Gasteiger partial charge is 0.225 e. The molecule has 4 heteroatoms. The molecule has 4 nitrogen and oxygen atoms in total. The first kappa shape index (κ1) is 19.1. The fraction of sp³-hybridized carbons (Fsp3) is 0.875. The quantitative estimate of drug-likeness (QED) is 0.788. The maximum Gasteiger partial charge on any atom is 0.225 e. The SMILES string of the molecule is CC(C)NC(CNC(=O)C(C)(C)C)C(=O)CC(C)(C)C. The van der Waals surface area contributed by atoms with Gasteiger partial charge in [-0.05, 0) is 5.41 Å². The normalized spacial score (nSPS) is 14.2. The van der Waals surface area contributed by atoms with E-state index in [1.165, 1.54) is 0 Å². The van der Waals surface area contributed by atoms with Gasteiger partial charge in [0.1, 0.15) is 0 Å². The Labute approximate surface area is 124 Å². The minimum atomic E-state index is -0.435. The van der Waals surface area contributed by atoms with E-state index < -0.39 is 5.41 Å². The Kier molecular flexibility index (Phi) is 6.88. The van der Waals surface area contributed by atoms with Gasteiger partial charge in [0.25, 0.3) is 0 Å². The summed E-state index contributed by atoms with van der Waals surface area (Å²) in [6.45, 7) is 16.1. The zero-order valence-corrected chi connectivity index (χ0v) is 14.4. The van der Waals surface area contributed by atoms with Crippen LogP contribution in [-0.4, -0.2) is 30.3 Å². The summed E-state index contributed by atoms with van der Waals surface area (Å²) in [7, 11) is 0. The van der Waals surface area contributed by atoms with Gasteiger partial charge in [-0.15, -0.1) is 0 Å². The zero-order chi connectivity index (χ0) is 16.1. The maximum absolute atomic E-state index is 12.3. The van der Waals surface area contributed by atoms with Crippen molar-refractivity contribution in [2.24, 2.45) is 10.8 Å². The summed E-state index contributed by atoms with van der Waals surface area (Å²) >= 11 is 0. The molecule has 0 aromatic rings. The van der Waals surface area contributed by atoms with Crippen molar-refractivity contribution in [3.63, 3.8) is 0 Å². The number of hydrogen-bond donors (Lipinski definition) is 2. The maximum atomic E-state index is 12.3. The summed E-state index contributed by atoms with van der Waals surface area (Å²) < 4.78 is 0. The number of amides is 1. The molecule has 0 radical (unpaired) electrons. The first-order chi connectivity index (χ1) is 8.83. The minimum Gasteiger partial charge on any atom is -0.354 e. The van der Waals surface area contributed by atoms with Crippen molar-refractivity contribution >= 4 is 11.7 Å². The van der Waals surface area contributed by atoms with E-state index in [9.17, 15) is 9.59 Å². The number of ketones is 1. The highest BCUT2D eigenvalue weighted by Crippen LogP contribution is 2.20. The van der Waals surface area contributed by atoms with Gasteiger partial charge in [0.15, 0.2) is 5.78 Å². The van der Waals surface area contributed by atoms with Crippen molar-refractivity contribution < 1.29 is 9.59 Å². The van der Waals surface area contributed by atoms with Gasteiger partial charge in [-0.25, -0.2) is 0 Å². The molecular weight excluding hydrogens is 252 g/mol. The number of hydrogen-bond acceptors (Lipinski definition) is 3. The van der Waals surface area contributed by atoms with Gasteiger partial charge in [0.2, 0.25) is 5.91 Å². The summed E-state index contributed by atoms with van der Waals surface area (Å²) in [6.07, 6.45) is 0.503. The van der Waals surface area contributed by atoms with Crippen molar-refractivity contribution in [3.05, 3.63) is 0 Å². The second kappa shape index (κ2) is 7.21. The Morgan fingerprint density at radius 2 is 1.50 bits per heavy atom. The lowest BCUT2D eigenvalue weighted by molar-refractivity contribution is -0.129. The Hall–Kier alpha value is -0.900. The van der Waals surface area contributed by atoms with Crippen LogP contribution in [-0.2, 0) is 9.59 Å². The topological polar surface area (TPSA) is 58.2 Å². The number of carbonyl (C=O) groups excluding carboxylic acids is 2. The third-order valence-electron chi connectivity index (χ3n) is 2.78. The monoisotopic (exact) mass is 284 g/mol. The third-order valence-corrected chi connectivity index (χ3v) is 2.78. The van der Waals surface area contributed by atoms with Crippen LogP contribution in [0.15, 0.2) is 0 Å². The standard InChI is InChI=1S/C16H32N2O2/c1-11(2)18-12(13(19)9-15(3,4)5)10-17-14(20)16(6,7)8/h11-12,18H,9-10H2,1-8H3,(H,17,20). The molecule has 1 atom stereocenters. The summed E-state index contributed by atoms with van der Waals surface area (Å²) in [5, 5.41) is 6.12. The molecule has 118 valence electrons. The average molecular weight is 284 g/mol. The molecule has 20 heavy (non-hydrogen) atoms. The molecule has 1 unspecified atom stereocenters. The van der Waals surface area contributed by atoms with E-state index >= 15 is 0 Å². The van der Waals surface area contributed by atoms with Gasteiger partial charge in [-0.1, -0.05) is 55.4 Å². The van der Waals surface area contributed by atoms with Crippen LogP contribution in [0.2, 0.25) is 0 Å². The first-order valence-electron chi connectivity index (χ1n) is 7.40. The lowest BCUT2D eigenvalue weighted by Crippen LogP contribution is -2.50. The molecule has 0 bridgehead atoms. The molecule has 0 heterocycles. The van der Waals surface area contributed by atoms with Crippen LogP contribution < -0.4 is 10.6 Å². The van der Waals surface area contributed by atoms with E-state index in [4.69, 9.17) is 0 Å². The number of rotatable bonds is 6. The molecule has 0 aromatic heterocycles. The van der Waals surface area contributed by atoms with E-state index in [0.29, 0.717) is 13.0 Å². The number of Topliss-reactive ketones (excluding diaryl/α,β-unsaturated/α-hetero) is 1. The molecule has 1 amide bonds. The van der Waals surface area contributed by atoms with Gasteiger partial charge in [0.05, 0.1) is 6.04 Å². The van der Waals surface area contributed by atoms with Gasteiger partial charge in [0, 0.05) is 24.4 Å². The van der Waals surface area contributed by atoms with Crippen LogP contribution in [0.1, 0.15) is 61.8 Å². The predicted octanol–water partition coefficient (Wildman–Crippen LogP) is 2.52. The van der Waals surface area contributed by atoms with Crippen LogP contribution in [0.4, 0.5) is 0 Å². The van der Waals surface area contributed by atoms with Crippen molar-refractivity contribution in [1.29, 1.82) is 0 Å². The molecule has 0 fully saturated rings. The highest BCUT2D eigenvalue weighted by molar-refractivity contribution is 5.86. The van der Waals surface area contributed by atoms with E-state index in [1.54, 1.807) is 0 Å². The van der Waals surface area contributed by atoms with E-state index in [1.807, 2.05) is 55.4 Å². The zero-order valence-electron chi connectivity index (χ0n) is 14.4. The van der Waals surface area contributed by atoms with Gasteiger partial charge in [-0.2, -0.15) is 0 Å². The van der Waals surface area contributed by atoms with E-state index in [2.05, 4.69) is 10.6 Å². The largest absolute Gasteiger partial charge is 0.354 e.